The summed E-state index contributed by atoms with van der Waals surface area (Å²) in [6.45, 7) is 5.67. The van der Waals surface area contributed by atoms with E-state index in [1.165, 1.54) is 17.5 Å². The van der Waals surface area contributed by atoms with Gasteiger partial charge in [-0.1, -0.05) is 48.0 Å². The molecule has 2 aromatic carbocycles. The quantitative estimate of drug-likeness (QED) is 0.760. The monoisotopic (exact) mass is 392 g/mol. The number of carbonyl (C=O) groups excluding carboxylic acids is 2. The Morgan fingerprint density at radius 1 is 1.03 bits per heavy atom. The van der Waals surface area contributed by atoms with E-state index in [9.17, 15) is 9.59 Å². The lowest BCUT2D eigenvalue weighted by Gasteiger charge is -2.33. The predicted octanol–water partition coefficient (Wildman–Crippen LogP) is 4.37. The highest BCUT2D eigenvalue weighted by Crippen LogP contribution is 2.23. The molecule has 1 saturated heterocycles. The standard InChI is InChI=1S/C25H32N2O2/c1-19-8-10-21(11-9-19)12-13-22-14-16-27(17-15-22)24(28)18-20(2)26-25(29)23-6-4-3-5-7-23/h3-11,20,22H,12-18H2,1-2H3,(H,26,29). The molecule has 1 atom stereocenters. The molecule has 4 nitrogen and oxygen atoms in total. The van der Waals surface area contributed by atoms with Crippen LogP contribution in [-0.2, 0) is 11.2 Å². The first kappa shape index (κ1) is 21.1. The molecule has 1 unspecified atom stereocenters. The van der Waals surface area contributed by atoms with Gasteiger partial charge in [0.1, 0.15) is 0 Å². The largest absolute Gasteiger partial charge is 0.349 e. The van der Waals surface area contributed by atoms with Gasteiger partial charge >= 0.3 is 0 Å². The van der Waals surface area contributed by atoms with Crippen molar-refractivity contribution in [1.29, 1.82) is 0 Å². The summed E-state index contributed by atoms with van der Waals surface area (Å²) in [7, 11) is 0. The maximum atomic E-state index is 12.6. The van der Waals surface area contributed by atoms with Crippen LogP contribution < -0.4 is 5.32 Å². The first-order chi connectivity index (χ1) is 14.0. The van der Waals surface area contributed by atoms with Crippen LogP contribution in [0.5, 0.6) is 0 Å². The van der Waals surface area contributed by atoms with Crippen molar-refractivity contribution >= 4 is 11.8 Å². The zero-order valence-corrected chi connectivity index (χ0v) is 17.6. The predicted molar refractivity (Wildman–Crippen MR) is 117 cm³/mol. The van der Waals surface area contributed by atoms with Crippen molar-refractivity contribution in [2.45, 2.75) is 52.0 Å². The van der Waals surface area contributed by atoms with Gasteiger partial charge in [-0.25, -0.2) is 0 Å². The molecule has 154 valence electrons. The minimum Gasteiger partial charge on any atom is -0.349 e. The van der Waals surface area contributed by atoms with Crippen LogP contribution in [0.15, 0.2) is 54.6 Å². The van der Waals surface area contributed by atoms with Gasteiger partial charge in [-0.05, 0) is 63.1 Å². The zero-order chi connectivity index (χ0) is 20.6. The average molecular weight is 393 g/mol. The van der Waals surface area contributed by atoms with Gasteiger partial charge in [0.25, 0.3) is 5.91 Å². The van der Waals surface area contributed by atoms with Gasteiger partial charge in [0, 0.05) is 31.1 Å². The Balaban J connectivity index is 1.38. The molecular weight excluding hydrogens is 360 g/mol. The van der Waals surface area contributed by atoms with Crippen LogP contribution >= 0.6 is 0 Å². The molecule has 1 fully saturated rings. The van der Waals surface area contributed by atoms with Crippen molar-refractivity contribution < 1.29 is 9.59 Å². The highest BCUT2D eigenvalue weighted by Gasteiger charge is 2.24. The van der Waals surface area contributed by atoms with Crippen molar-refractivity contribution in [2.24, 2.45) is 5.92 Å². The van der Waals surface area contributed by atoms with E-state index in [1.54, 1.807) is 12.1 Å². The number of piperidine rings is 1. The number of aryl methyl sites for hydroxylation is 2. The molecule has 1 N–H and O–H groups in total. The summed E-state index contributed by atoms with van der Waals surface area (Å²) in [5.41, 5.74) is 3.33. The maximum absolute atomic E-state index is 12.6. The molecule has 0 spiro atoms. The van der Waals surface area contributed by atoms with E-state index in [0.717, 1.165) is 32.4 Å². The van der Waals surface area contributed by atoms with E-state index in [2.05, 4.69) is 36.5 Å². The molecule has 0 saturated carbocycles. The summed E-state index contributed by atoms with van der Waals surface area (Å²) in [5, 5.41) is 2.93. The molecule has 2 amide bonds. The third-order valence-electron chi connectivity index (χ3n) is 5.82. The van der Waals surface area contributed by atoms with Crippen LogP contribution in [0, 0.1) is 12.8 Å². The van der Waals surface area contributed by atoms with E-state index in [0.29, 0.717) is 17.9 Å². The van der Waals surface area contributed by atoms with Crippen molar-refractivity contribution in [3.05, 3.63) is 71.3 Å². The van der Waals surface area contributed by atoms with Crippen LogP contribution in [0.4, 0.5) is 0 Å². The smallest absolute Gasteiger partial charge is 0.251 e. The zero-order valence-electron chi connectivity index (χ0n) is 17.6. The first-order valence-corrected chi connectivity index (χ1v) is 10.7. The molecule has 1 heterocycles. The molecule has 3 rings (SSSR count). The third kappa shape index (κ3) is 6.45. The van der Waals surface area contributed by atoms with E-state index in [1.807, 2.05) is 30.0 Å². The average Bonchev–Trinajstić information content (AvgIpc) is 2.74. The van der Waals surface area contributed by atoms with Gasteiger partial charge in [-0.15, -0.1) is 0 Å². The topological polar surface area (TPSA) is 49.4 Å². The summed E-state index contributed by atoms with van der Waals surface area (Å²) >= 11 is 0. The number of rotatable bonds is 7. The van der Waals surface area contributed by atoms with Crippen molar-refractivity contribution in [3.63, 3.8) is 0 Å². The fourth-order valence-corrected chi connectivity index (χ4v) is 3.94. The second-order valence-electron chi connectivity index (χ2n) is 8.29. The Morgan fingerprint density at radius 3 is 2.34 bits per heavy atom. The number of likely N-dealkylation sites (tertiary alicyclic amines) is 1. The van der Waals surface area contributed by atoms with Gasteiger partial charge in [-0.2, -0.15) is 0 Å². The Bertz CT molecular complexity index is 793. The third-order valence-corrected chi connectivity index (χ3v) is 5.82. The van der Waals surface area contributed by atoms with Crippen molar-refractivity contribution in [2.75, 3.05) is 13.1 Å². The summed E-state index contributed by atoms with van der Waals surface area (Å²) in [4.78, 5) is 26.8. The summed E-state index contributed by atoms with van der Waals surface area (Å²) in [6.07, 6.45) is 4.80. The Morgan fingerprint density at radius 2 is 1.69 bits per heavy atom. The van der Waals surface area contributed by atoms with Crippen LogP contribution in [0.25, 0.3) is 0 Å². The molecule has 0 bridgehead atoms. The van der Waals surface area contributed by atoms with Gasteiger partial charge < -0.3 is 10.2 Å². The molecule has 29 heavy (non-hydrogen) atoms. The Labute approximate surface area is 174 Å². The van der Waals surface area contributed by atoms with E-state index >= 15 is 0 Å². The molecular formula is C25H32N2O2. The number of hydrogen-bond donors (Lipinski definition) is 1. The van der Waals surface area contributed by atoms with Crippen molar-refractivity contribution in [3.8, 4) is 0 Å². The Kier molecular flexibility index (Phi) is 7.45. The summed E-state index contributed by atoms with van der Waals surface area (Å²) in [6, 6.07) is 17.8. The Hall–Kier alpha value is -2.62. The van der Waals surface area contributed by atoms with E-state index in [-0.39, 0.29) is 17.9 Å². The first-order valence-electron chi connectivity index (χ1n) is 10.7. The molecule has 1 aliphatic heterocycles. The molecule has 0 aliphatic carbocycles. The lowest BCUT2D eigenvalue weighted by Crippen LogP contribution is -2.42. The molecule has 4 heteroatoms. The summed E-state index contributed by atoms with van der Waals surface area (Å²) < 4.78 is 0. The molecule has 0 radical (unpaired) electrons. The number of nitrogens with one attached hydrogen (secondary N) is 1. The van der Waals surface area contributed by atoms with Crippen LogP contribution in [0.1, 0.15) is 54.1 Å². The maximum Gasteiger partial charge on any atom is 0.251 e. The minimum absolute atomic E-state index is 0.124. The fourth-order valence-electron chi connectivity index (χ4n) is 3.94. The highest BCUT2D eigenvalue weighted by atomic mass is 16.2. The van der Waals surface area contributed by atoms with E-state index in [4.69, 9.17) is 0 Å². The fraction of sp³-hybridized carbons (Fsp3) is 0.440. The molecule has 2 aromatic rings. The lowest BCUT2D eigenvalue weighted by molar-refractivity contribution is -0.133. The summed E-state index contributed by atoms with van der Waals surface area (Å²) in [5.74, 6) is 0.708. The van der Waals surface area contributed by atoms with Crippen molar-refractivity contribution in [1.82, 2.24) is 10.2 Å². The van der Waals surface area contributed by atoms with Crippen LogP contribution in [-0.4, -0.2) is 35.8 Å². The minimum atomic E-state index is -0.172. The lowest BCUT2D eigenvalue weighted by atomic mass is 9.90. The van der Waals surface area contributed by atoms with Gasteiger partial charge in [-0.3, -0.25) is 9.59 Å². The number of benzene rings is 2. The number of hydrogen-bond acceptors (Lipinski definition) is 2. The SMILES string of the molecule is Cc1ccc(CCC2CCN(C(=O)CC(C)NC(=O)c3ccccc3)CC2)cc1. The van der Waals surface area contributed by atoms with Gasteiger partial charge in [0.15, 0.2) is 0 Å². The van der Waals surface area contributed by atoms with Gasteiger partial charge in [0.2, 0.25) is 5.91 Å². The normalized spacial score (nSPS) is 15.7. The van der Waals surface area contributed by atoms with Crippen LogP contribution in [0.2, 0.25) is 0 Å². The number of amides is 2. The number of carbonyl (C=O) groups is 2. The second-order valence-corrected chi connectivity index (χ2v) is 8.29. The highest BCUT2D eigenvalue weighted by molar-refractivity contribution is 5.94. The van der Waals surface area contributed by atoms with E-state index < -0.39 is 0 Å². The molecule has 1 aliphatic rings. The van der Waals surface area contributed by atoms with Crippen LogP contribution in [0.3, 0.4) is 0 Å². The second kappa shape index (κ2) is 10.2. The number of nitrogens with zero attached hydrogens (tertiary/aromatic N) is 1. The van der Waals surface area contributed by atoms with Gasteiger partial charge in [0.05, 0.1) is 0 Å². The molecule has 0 aromatic heterocycles.